The molecule has 0 unspecified atom stereocenters. The molecule has 8 nitrogen and oxygen atoms in total. The van der Waals surface area contributed by atoms with E-state index in [-0.39, 0.29) is 17.9 Å². The Kier molecular flexibility index (Phi) is 5.39. The lowest BCUT2D eigenvalue weighted by Gasteiger charge is -2.33. The summed E-state index contributed by atoms with van der Waals surface area (Å²) in [6, 6.07) is 5.83. The third-order valence-electron chi connectivity index (χ3n) is 4.39. The van der Waals surface area contributed by atoms with Gasteiger partial charge >= 0.3 is 0 Å². The SMILES string of the molecule is O=C(CN1CCC(C2OCCO2)CC1)Nc1ccc([N+](=O)[O-])cc1. The first kappa shape index (κ1) is 16.8. The Balaban J connectivity index is 1.43. The zero-order chi connectivity index (χ0) is 16.9. The van der Waals surface area contributed by atoms with Crippen LogP contribution in [0.5, 0.6) is 0 Å². The lowest BCUT2D eigenvalue weighted by Crippen LogP contribution is -2.41. The molecule has 2 saturated heterocycles. The molecule has 8 heteroatoms. The first-order chi connectivity index (χ1) is 11.6. The first-order valence-corrected chi connectivity index (χ1v) is 8.12. The highest BCUT2D eigenvalue weighted by Gasteiger charge is 2.30. The maximum absolute atomic E-state index is 12.1. The van der Waals surface area contributed by atoms with Gasteiger partial charge in [-0.25, -0.2) is 0 Å². The molecule has 1 N–H and O–H groups in total. The van der Waals surface area contributed by atoms with Gasteiger partial charge in [0.15, 0.2) is 6.29 Å². The molecule has 1 aromatic carbocycles. The molecular formula is C16H21N3O5. The number of anilines is 1. The quantitative estimate of drug-likeness (QED) is 0.649. The number of hydrogen-bond donors (Lipinski definition) is 1. The Morgan fingerprint density at radius 3 is 2.42 bits per heavy atom. The Hall–Kier alpha value is -2.03. The van der Waals surface area contributed by atoms with Gasteiger partial charge in [-0.3, -0.25) is 19.8 Å². The van der Waals surface area contributed by atoms with Crippen molar-refractivity contribution in [2.24, 2.45) is 5.92 Å². The fourth-order valence-corrected chi connectivity index (χ4v) is 3.10. The number of nitro benzene ring substituents is 1. The second-order valence-corrected chi connectivity index (χ2v) is 6.08. The molecule has 3 rings (SSSR count). The van der Waals surface area contributed by atoms with Gasteiger partial charge in [-0.15, -0.1) is 0 Å². The summed E-state index contributed by atoms with van der Waals surface area (Å²) in [6.07, 6.45) is 1.83. The number of likely N-dealkylation sites (tertiary alicyclic amines) is 1. The topological polar surface area (TPSA) is 93.9 Å². The molecule has 2 aliphatic rings. The summed E-state index contributed by atoms with van der Waals surface area (Å²) < 4.78 is 11.1. The number of amides is 1. The van der Waals surface area contributed by atoms with Crippen molar-refractivity contribution in [2.75, 3.05) is 38.2 Å². The third-order valence-corrected chi connectivity index (χ3v) is 4.39. The van der Waals surface area contributed by atoms with E-state index in [2.05, 4.69) is 10.2 Å². The fraction of sp³-hybridized carbons (Fsp3) is 0.562. The predicted molar refractivity (Wildman–Crippen MR) is 86.6 cm³/mol. The van der Waals surface area contributed by atoms with Gasteiger partial charge in [-0.1, -0.05) is 0 Å². The minimum atomic E-state index is -0.465. The van der Waals surface area contributed by atoms with Crippen LogP contribution in [0.1, 0.15) is 12.8 Å². The van der Waals surface area contributed by atoms with Crippen LogP contribution in [0.2, 0.25) is 0 Å². The van der Waals surface area contributed by atoms with Crippen molar-refractivity contribution in [1.82, 2.24) is 4.90 Å². The van der Waals surface area contributed by atoms with E-state index in [0.29, 0.717) is 31.4 Å². The van der Waals surface area contributed by atoms with Gasteiger partial charge < -0.3 is 14.8 Å². The van der Waals surface area contributed by atoms with Gasteiger partial charge in [0, 0.05) is 23.7 Å². The van der Waals surface area contributed by atoms with Crippen molar-refractivity contribution in [1.29, 1.82) is 0 Å². The normalized spacial score (nSPS) is 20.2. The van der Waals surface area contributed by atoms with Crippen molar-refractivity contribution in [3.63, 3.8) is 0 Å². The van der Waals surface area contributed by atoms with E-state index in [1.165, 1.54) is 24.3 Å². The van der Waals surface area contributed by atoms with Crippen molar-refractivity contribution in [2.45, 2.75) is 19.1 Å². The summed E-state index contributed by atoms with van der Waals surface area (Å²) in [5.41, 5.74) is 0.569. The summed E-state index contributed by atoms with van der Waals surface area (Å²) in [4.78, 5) is 24.4. The number of carbonyl (C=O) groups is 1. The Morgan fingerprint density at radius 1 is 1.21 bits per heavy atom. The van der Waals surface area contributed by atoms with Gasteiger partial charge in [0.25, 0.3) is 5.69 Å². The summed E-state index contributed by atoms with van der Waals surface area (Å²) in [6.45, 7) is 3.32. The minimum Gasteiger partial charge on any atom is -0.350 e. The molecule has 0 atom stereocenters. The maximum Gasteiger partial charge on any atom is 0.269 e. The summed E-state index contributed by atoms with van der Waals surface area (Å²) in [5.74, 6) is 0.289. The van der Waals surface area contributed by atoms with E-state index in [0.717, 1.165) is 25.9 Å². The molecule has 2 aliphatic heterocycles. The molecule has 24 heavy (non-hydrogen) atoms. The number of non-ortho nitro benzene ring substituents is 1. The molecule has 0 aliphatic carbocycles. The standard InChI is InChI=1S/C16H21N3O5/c20-15(17-13-1-3-14(4-2-13)19(21)22)11-18-7-5-12(6-8-18)16-23-9-10-24-16/h1-4,12,16H,5-11H2,(H,17,20). The number of rotatable bonds is 5. The van der Waals surface area contributed by atoms with Crippen molar-refractivity contribution in [3.8, 4) is 0 Å². The third kappa shape index (κ3) is 4.28. The molecule has 0 saturated carbocycles. The minimum absolute atomic E-state index is 0.00595. The summed E-state index contributed by atoms with van der Waals surface area (Å²) in [7, 11) is 0. The monoisotopic (exact) mass is 335 g/mol. The Labute approximate surface area is 139 Å². The Morgan fingerprint density at radius 2 is 1.83 bits per heavy atom. The van der Waals surface area contributed by atoms with Gasteiger partial charge in [0.1, 0.15) is 0 Å². The van der Waals surface area contributed by atoms with E-state index < -0.39 is 4.92 Å². The molecule has 0 aromatic heterocycles. The highest BCUT2D eigenvalue weighted by atomic mass is 16.7. The van der Waals surface area contributed by atoms with E-state index >= 15 is 0 Å². The van der Waals surface area contributed by atoms with Gasteiger partial charge in [-0.2, -0.15) is 0 Å². The molecule has 2 fully saturated rings. The van der Waals surface area contributed by atoms with Crippen LogP contribution in [0.15, 0.2) is 24.3 Å². The van der Waals surface area contributed by atoms with Crippen molar-refractivity contribution in [3.05, 3.63) is 34.4 Å². The number of piperidine rings is 1. The highest BCUT2D eigenvalue weighted by Crippen LogP contribution is 2.25. The van der Waals surface area contributed by atoms with E-state index in [4.69, 9.17) is 9.47 Å². The average Bonchev–Trinajstić information content (AvgIpc) is 3.10. The smallest absolute Gasteiger partial charge is 0.269 e. The fourth-order valence-electron chi connectivity index (χ4n) is 3.10. The predicted octanol–water partition coefficient (Wildman–Crippen LogP) is 1.62. The van der Waals surface area contributed by atoms with Gasteiger partial charge in [-0.05, 0) is 38.1 Å². The van der Waals surface area contributed by atoms with Crippen LogP contribution in [-0.4, -0.2) is 54.9 Å². The number of carbonyl (C=O) groups excluding carboxylic acids is 1. The molecule has 1 aromatic rings. The maximum atomic E-state index is 12.1. The Bertz CT molecular complexity index is 578. The number of nitrogens with zero attached hydrogens (tertiary/aromatic N) is 2. The molecule has 0 bridgehead atoms. The molecule has 2 heterocycles. The molecule has 0 radical (unpaired) electrons. The number of nitro groups is 1. The van der Waals surface area contributed by atoms with E-state index in [1.54, 1.807) is 0 Å². The summed E-state index contributed by atoms with van der Waals surface area (Å²) in [5, 5.41) is 13.4. The lowest BCUT2D eigenvalue weighted by molar-refractivity contribution is -0.384. The molecular weight excluding hydrogens is 314 g/mol. The highest BCUT2D eigenvalue weighted by molar-refractivity contribution is 5.92. The number of ether oxygens (including phenoxy) is 2. The van der Waals surface area contributed by atoms with Gasteiger partial charge in [0.05, 0.1) is 24.7 Å². The zero-order valence-electron chi connectivity index (χ0n) is 13.3. The van der Waals surface area contributed by atoms with Crippen LogP contribution < -0.4 is 5.32 Å². The van der Waals surface area contributed by atoms with Crippen LogP contribution in [0, 0.1) is 16.0 Å². The number of hydrogen-bond acceptors (Lipinski definition) is 6. The number of nitrogens with one attached hydrogen (secondary N) is 1. The van der Waals surface area contributed by atoms with Gasteiger partial charge in [0.2, 0.25) is 5.91 Å². The second kappa shape index (κ2) is 7.69. The molecule has 0 spiro atoms. The number of benzene rings is 1. The lowest BCUT2D eigenvalue weighted by atomic mass is 9.96. The van der Waals surface area contributed by atoms with Crippen LogP contribution in [0.25, 0.3) is 0 Å². The van der Waals surface area contributed by atoms with Crippen molar-refractivity contribution < 1.29 is 19.2 Å². The van der Waals surface area contributed by atoms with Crippen LogP contribution >= 0.6 is 0 Å². The zero-order valence-corrected chi connectivity index (χ0v) is 13.3. The van der Waals surface area contributed by atoms with Crippen LogP contribution in [0.4, 0.5) is 11.4 Å². The van der Waals surface area contributed by atoms with Crippen LogP contribution in [-0.2, 0) is 14.3 Å². The summed E-state index contributed by atoms with van der Waals surface area (Å²) >= 11 is 0. The second-order valence-electron chi connectivity index (χ2n) is 6.08. The molecule has 1 amide bonds. The van der Waals surface area contributed by atoms with E-state index in [9.17, 15) is 14.9 Å². The first-order valence-electron chi connectivity index (χ1n) is 8.12. The van der Waals surface area contributed by atoms with E-state index in [1.807, 2.05) is 0 Å². The largest absolute Gasteiger partial charge is 0.350 e. The average molecular weight is 335 g/mol. The molecule has 130 valence electrons. The van der Waals surface area contributed by atoms with Crippen LogP contribution in [0.3, 0.4) is 0 Å². The van der Waals surface area contributed by atoms with Crippen molar-refractivity contribution >= 4 is 17.3 Å².